The SMILES string of the molecule is Cc1ccccc1C(CN)C(O)c1ccsc1. The van der Waals surface area contributed by atoms with Gasteiger partial charge in [0.2, 0.25) is 0 Å². The molecule has 2 nitrogen and oxygen atoms in total. The summed E-state index contributed by atoms with van der Waals surface area (Å²) in [6, 6.07) is 10.0. The zero-order valence-corrected chi connectivity index (χ0v) is 10.7. The molecule has 0 aliphatic rings. The van der Waals surface area contributed by atoms with Crippen molar-refractivity contribution in [3.8, 4) is 0 Å². The van der Waals surface area contributed by atoms with Crippen LogP contribution in [0.15, 0.2) is 41.1 Å². The van der Waals surface area contributed by atoms with Gasteiger partial charge >= 0.3 is 0 Å². The van der Waals surface area contributed by atoms with Gasteiger partial charge in [-0.15, -0.1) is 0 Å². The van der Waals surface area contributed by atoms with Gasteiger partial charge in [-0.2, -0.15) is 11.3 Å². The van der Waals surface area contributed by atoms with Crippen LogP contribution < -0.4 is 5.73 Å². The van der Waals surface area contributed by atoms with Crippen LogP contribution in [-0.4, -0.2) is 11.7 Å². The highest BCUT2D eigenvalue weighted by Gasteiger charge is 2.22. The minimum Gasteiger partial charge on any atom is -0.388 e. The molecule has 0 aliphatic heterocycles. The third-order valence-corrected chi connectivity index (χ3v) is 3.81. The van der Waals surface area contributed by atoms with Gasteiger partial charge in [0.1, 0.15) is 0 Å². The maximum Gasteiger partial charge on any atom is 0.0878 e. The van der Waals surface area contributed by atoms with E-state index in [0.29, 0.717) is 6.54 Å². The Morgan fingerprint density at radius 3 is 2.65 bits per heavy atom. The van der Waals surface area contributed by atoms with Crippen molar-refractivity contribution in [2.24, 2.45) is 5.73 Å². The molecule has 1 aromatic heterocycles. The van der Waals surface area contributed by atoms with Gasteiger partial charge in [-0.05, 0) is 40.4 Å². The predicted molar refractivity (Wildman–Crippen MR) is 72.3 cm³/mol. The predicted octanol–water partition coefficient (Wildman–Crippen LogP) is 2.83. The minimum absolute atomic E-state index is 0.0363. The number of aliphatic hydroxyl groups is 1. The summed E-state index contributed by atoms with van der Waals surface area (Å²) in [5.74, 6) is -0.0363. The quantitative estimate of drug-likeness (QED) is 0.872. The first-order valence-electron chi connectivity index (χ1n) is 5.69. The zero-order chi connectivity index (χ0) is 12.3. The fraction of sp³-hybridized carbons (Fsp3) is 0.286. The number of aliphatic hydroxyl groups excluding tert-OH is 1. The standard InChI is InChI=1S/C14H17NOS/c1-10-4-2-3-5-12(10)13(8-15)14(16)11-6-7-17-9-11/h2-7,9,13-14,16H,8,15H2,1H3. The summed E-state index contributed by atoms with van der Waals surface area (Å²) in [4.78, 5) is 0. The number of thiophene rings is 1. The van der Waals surface area contributed by atoms with Gasteiger partial charge in [-0.25, -0.2) is 0 Å². The van der Waals surface area contributed by atoms with Crippen LogP contribution in [0.3, 0.4) is 0 Å². The van der Waals surface area contributed by atoms with Gasteiger partial charge in [0.15, 0.2) is 0 Å². The molecule has 17 heavy (non-hydrogen) atoms. The first kappa shape index (κ1) is 12.3. The molecule has 1 heterocycles. The van der Waals surface area contributed by atoms with E-state index < -0.39 is 6.10 Å². The highest BCUT2D eigenvalue weighted by molar-refractivity contribution is 7.07. The Hall–Kier alpha value is -1.16. The summed E-state index contributed by atoms with van der Waals surface area (Å²) in [5, 5.41) is 14.3. The lowest BCUT2D eigenvalue weighted by Crippen LogP contribution is -2.20. The molecule has 90 valence electrons. The van der Waals surface area contributed by atoms with E-state index in [0.717, 1.165) is 11.1 Å². The molecule has 0 radical (unpaired) electrons. The number of rotatable bonds is 4. The lowest BCUT2D eigenvalue weighted by molar-refractivity contribution is 0.147. The Bertz CT molecular complexity index is 467. The third-order valence-electron chi connectivity index (χ3n) is 3.11. The van der Waals surface area contributed by atoms with Crippen LogP contribution in [0.4, 0.5) is 0 Å². The molecule has 0 fully saturated rings. The smallest absolute Gasteiger partial charge is 0.0878 e. The Labute approximate surface area is 106 Å². The zero-order valence-electron chi connectivity index (χ0n) is 9.84. The molecule has 0 bridgehead atoms. The summed E-state index contributed by atoms with van der Waals surface area (Å²) in [5.41, 5.74) is 9.09. The molecule has 1 aromatic carbocycles. The first-order valence-corrected chi connectivity index (χ1v) is 6.64. The fourth-order valence-electron chi connectivity index (χ4n) is 2.10. The van der Waals surface area contributed by atoms with Crippen molar-refractivity contribution in [1.82, 2.24) is 0 Å². The molecular weight excluding hydrogens is 230 g/mol. The normalized spacial score (nSPS) is 14.5. The van der Waals surface area contributed by atoms with E-state index in [1.54, 1.807) is 11.3 Å². The van der Waals surface area contributed by atoms with E-state index in [9.17, 15) is 5.11 Å². The van der Waals surface area contributed by atoms with Gasteiger partial charge in [-0.1, -0.05) is 24.3 Å². The average molecular weight is 247 g/mol. The largest absolute Gasteiger partial charge is 0.388 e. The van der Waals surface area contributed by atoms with Crippen LogP contribution in [0, 0.1) is 6.92 Å². The number of nitrogens with two attached hydrogens (primary N) is 1. The summed E-state index contributed by atoms with van der Waals surface area (Å²) in [7, 11) is 0. The molecule has 0 amide bonds. The number of hydrogen-bond acceptors (Lipinski definition) is 3. The van der Waals surface area contributed by atoms with Crippen LogP contribution in [0.5, 0.6) is 0 Å². The lowest BCUT2D eigenvalue weighted by Gasteiger charge is -2.23. The van der Waals surface area contributed by atoms with Crippen LogP contribution in [0.25, 0.3) is 0 Å². The average Bonchev–Trinajstić information content (AvgIpc) is 2.86. The highest BCUT2D eigenvalue weighted by atomic mass is 32.1. The Morgan fingerprint density at radius 2 is 2.06 bits per heavy atom. The second-order valence-corrected chi connectivity index (χ2v) is 4.98. The van der Waals surface area contributed by atoms with E-state index in [2.05, 4.69) is 13.0 Å². The Kier molecular flexibility index (Phi) is 3.94. The molecule has 2 rings (SSSR count). The second kappa shape index (κ2) is 5.45. The Balaban J connectivity index is 2.31. The summed E-state index contributed by atoms with van der Waals surface area (Å²) in [6.45, 7) is 2.50. The van der Waals surface area contributed by atoms with Crippen molar-refractivity contribution in [3.63, 3.8) is 0 Å². The van der Waals surface area contributed by atoms with Crippen molar-refractivity contribution in [2.45, 2.75) is 18.9 Å². The van der Waals surface area contributed by atoms with E-state index in [4.69, 9.17) is 5.73 Å². The number of aryl methyl sites for hydroxylation is 1. The van der Waals surface area contributed by atoms with Crippen molar-refractivity contribution in [2.75, 3.05) is 6.54 Å². The first-order chi connectivity index (χ1) is 8.24. The lowest BCUT2D eigenvalue weighted by atomic mass is 9.88. The molecular formula is C14H17NOS. The molecule has 3 heteroatoms. The third kappa shape index (κ3) is 2.57. The van der Waals surface area contributed by atoms with Gasteiger partial charge < -0.3 is 10.8 Å². The molecule has 0 saturated carbocycles. The van der Waals surface area contributed by atoms with E-state index in [1.807, 2.05) is 35.0 Å². The second-order valence-electron chi connectivity index (χ2n) is 4.20. The molecule has 3 N–H and O–H groups in total. The van der Waals surface area contributed by atoms with E-state index >= 15 is 0 Å². The van der Waals surface area contributed by atoms with Crippen LogP contribution >= 0.6 is 11.3 Å². The highest BCUT2D eigenvalue weighted by Crippen LogP contribution is 2.32. The molecule has 2 atom stereocenters. The minimum atomic E-state index is -0.521. The summed E-state index contributed by atoms with van der Waals surface area (Å²) in [6.07, 6.45) is -0.521. The molecule has 0 aliphatic carbocycles. The van der Waals surface area contributed by atoms with Crippen molar-refractivity contribution < 1.29 is 5.11 Å². The van der Waals surface area contributed by atoms with Crippen LogP contribution in [0.2, 0.25) is 0 Å². The molecule has 2 aromatic rings. The van der Waals surface area contributed by atoms with Gasteiger partial charge in [-0.3, -0.25) is 0 Å². The van der Waals surface area contributed by atoms with Crippen LogP contribution in [0.1, 0.15) is 28.7 Å². The Morgan fingerprint density at radius 1 is 1.29 bits per heavy atom. The monoisotopic (exact) mass is 247 g/mol. The van der Waals surface area contributed by atoms with Gasteiger partial charge in [0.25, 0.3) is 0 Å². The fourth-order valence-corrected chi connectivity index (χ4v) is 2.79. The molecule has 2 unspecified atom stereocenters. The molecule has 0 saturated heterocycles. The van der Waals surface area contributed by atoms with Gasteiger partial charge in [0.05, 0.1) is 6.10 Å². The van der Waals surface area contributed by atoms with Gasteiger partial charge in [0, 0.05) is 12.5 Å². The topological polar surface area (TPSA) is 46.2 Å². The number of benzene rings is 1. The van der Waals surface area contributed by atoms with Crippen molar-refractivity contribution >= 4 is 11.3 Å². The maximum absolute atomic E-state index is 10.4. The van der Waals surface area contributed by atoms with E-state index in [-0.39, 0.29) is 5.92 Å². The van der Waals surface area contributed by atoms with Crippen molar-refractivity contribution in [3.05, 3.63) is 57.8 Å². The number of hydrogen-bond donors (Lipinski definition) is 2. The summed E-state index contributed by atoms with van der Waals surface area (Å²) < 4.78 is 0. The van der Waals surface area contributed by atoms with E-state index in [1.165, 1.54) is 5.56 Å². The molecule has 0 spiro atoms. The summed E-state index contributed by atoms with van der Waals surface area (Å²) >= 11 is 1.59. The maximum atomic E-state index is 10.4. The van der Waals surface area contributed by atoms with Crippen molar-refractivity contribution in [1.29, 1.82) is 0 Å². The van der Waals surface area contributed by atoms with Crippen LogP contribution in [-0.2, 0) is 0 Å².